The van der Waals surface area contributed by atoms with Gasteiger partial charge < -0.3 is 19.3 Å². The Balaban J connectivity index is 1.61. The summed E-state index contributed by atoms with van der Waals surface area (Å²) in [5, 5.41) is 10.2. The summed E-state index contributed by atoms with van der Waals surface area (Å²) >= 11 is 0. The Bertz CT molecular complexity index is 1380. The first-order valence-electron chi connectivity index (χ1n) is 11.7. The van der Waals surface area contributed by atoms with E-state index in [1.54, 1.807) is 62.5 Å². The number of rotatable bonds is 6. The summed E-state index contributed by atoms with van der Waals surface area (Å²) in [6, 6.07) is 13.0. The molecule has 9 heteroatoms. The monoisotopic (exact) mass is 498 g/mol. The van der Waals surface area contributed by atoms with Crippen molar-refractivity contribution in [3.63, 3.8) is 0 Å². The minimum atomic E-state index is -4.54. The number of halogens is 3. The number of aliphatic hydroxyl groups is 1. The lowest BCUT2D eigenvalue weighted by atomic mass is 9.98. The van der Waals surface area contributed by atoms with Crippen molar-refractivity contribution in [3.05, 3.63) is 81.8 Å². The molecule has 0 spiro atoms. The molecule has 0 bridgehead atoms. The van der Waals surface area contributed by atoms with Gasteiger partial charge in [-0.25, -0.2) is 0 Å². The van der Waals surface area contributed by atoms with Crippen molar-refractivity contribution in [1.29, 1.82) is 0 Å². The minimum absolute atomic E-state index is 0.0438. The van der Waals surface area contributed by atoms with Crippen LogP contribution in [0.1, 0.15) is 54.2 Å². The van der Waals surface area contributed by atoms with Gasteiger partial charge in [0, 0.05) is 23.5 Å². The van der Waals surface area contributed by atoms with E-state index in [1.807, 2.05) is 0 Å². The van der Waals surface area contributed by atoms with Crippen molar-refractivity contribution in [2.24, 2.45) is 0 Å². The van der Waals surface area contributed by atoms with Gasteiger partial charge in [0.25, 0.3) is 11.5 Å². The predicted molar refractivity (Wildman–Crippen MR) is 128 cm³/mol. The summed E-state index contributed by atoms with van der Waals surface area (Å²) in [5.74, 6) is -0.367. The van der Waals surface area contributed by atoms with Crippen LogP contribution < -0.4 is 15.2 Å². The molecule has 5 rings (SSSR count). The van der Waals surface area contributed by atoms with Crippen molar-refractivity contribution >= 4 is 11.6 Å². The minimum Gasteiger partial charge on any atom is -0.483 e. The van der Waals surface area contributed by atoms with Crippen molar-refractivity contribution < 1.29 is 27.8 Å². The molecule has 1 aliphatic carbocycles. The maximum absolute atomic E-state index is 13.6. The third kappa shape index (κ3) is 4.51. The molecule has 2 heterocycles. The highest BCUT2D eigenvalue weighted by Crippen LogP contribution is 2.40. The highest BCUT2D eigenvalue weighted by Gasteiger charge is 2.37. The molecule has 1 amide bonds. The SMILES string of the molecule is CC(C)(O)c1ccc(N2Cc3c(cn(C4CC4)c(=O)c3-c3ccccc3OCC(F)(F)F)C2=O)cc1. The molecule has 0 atom stereocenters. The summed E-state index contributed by atoms with van der Waals surface area (Å²) in [4.78, 5) is 28.6. The molecule has 2 aromatic carbocycles. The van der Waals surface area contributed by atoms with Crippen molar-refractivity contribution in [2.45, 2.75) is 51.1 Å². The first kappa shape index (κ1) is 24.1. The van der Waals surface area contributed by atoms with Gasteiger partial charge in [0.2, 0.25) is 0 Å². The number of alkyl halides is 3. The fourth-order valence-electron chi connectivity index (χ4n) is 4.51. The number of nitrogens with zero attached hydrogens (tertiary/aromatic N) is 2. The number of aromatic nitrogens is 1. The lowest BCUT2D eigenvalue weighted by Crippen LogP contribution is -2.24. The molecule has 3 aromatic rings. The molecule has 6 nitrogen and oxygen atoms in total. The zero-order valence-corrected chi connectivity index (χ0v) is 19.8. The maximum Gasteiger partial charge on any atom is 0.422 e. The molecule has 1 saturated carbocycles. The normalized spacial score (nSPS) is 15.8. The average molecular weight is 499 g/mol. The van der Waals surface area contributed by atoms with Gasteiger partial charge in [0.05, 0.1) is 23.3 Å². The van der Waals surface area contributed by atoms with Gasteiger partial charge in [0.15, 0.2) is 6.61 Å². The van der Waals surface area contributed by atoms with Crippen LogP contribution in [-0.4, -0.2) is 28.4 Å². The van der Waals surface area contributed by atoms with E-state index in [0.717, 1.165) is 12.8 Å². The van der Waals surface area contributed by atoms with E-state index in [9.17, 15) is 27.9 Å². The quantitative estimate of drug-likeness (QED) is 0.509. The predicted octanol–water partition coefficient (Wildman–Crippen LogP) is 5.18. The van der Waals surface area contributed by atoms with E-state index in [2.05, 4.69) is 0 Å². The average Bonchev–Trinajstić information content (AvgIpc) is 3.60. The molecule has 1 aliphatic heterocycles. The van der Waals surface area contributed by atoms with Crippen LogP contribution in [0.5, 0.6) is 5.75 Å². The van der Waals surface area contributed by atoms with Crippen LogP contribution in [0.4, 0.5) is 18.9 Å². The molecule has 188 valence electrons. The first-order chi connectivity index (χ1) is 16.9. The number of fused-ring (bicyclic) bond motifs is 1. The van der Waals surface area contributed by atoms with Crippen molar-refractivity contribution in [1.82, 2.24) is 4.57 Å². The second-order valence-corrected chi connectivity index (χ2v) is 9.74. The molecule has 1 fully saturated rings. The number of carbonyl (C=O) groups excluding carboxylic acids is 1. The van der Waals surface area contributed by atoms with Crippen LogP contribution in [0.15, 0.2) is 59.5 Å². The largest absolute Gasteiger partial charge is 0.483 e. The lowest BCUT2D eigenvalue weighted by Gasteiger charge is -2.20. The van der Waals surface area contributed by atoms with Crippen LogP contribution in [0, 0.1) is 0 Å². The van der Waals surface area contributed by atoms with Gasteiger partial charge in [-0.15, -0.1) is 0 Å². The topological polar surface area (TPSA) is 71.8 Å². The van der Waals surface area contributed by atoms with Gasteiger partial charge in [-0.1, -0.05) is 30.3 Å². The highest BCUT2D eigenvalue weighted by molar-refractivity contribution is 6.11. The number of hydrogen-bond acceptors (Lipinski definition) is 4. The lowest BCUT2D eigenvalue weighted by molar-refractivity contribution is -0.153. The van der Waals surface area contributed by atoms with Crippen molar-refractivity contribution in [2.75, 3.05) is 11.5 Å². The molecule has 0 saturated heterocycles. The number of anilines is 1. The van der Waals surface area contributed by atoms with Gasteiger partial charge in [-0.3, -0.25) is 9.59 Å². The third-order valence-electron chi connectivity index (χ3n) is 6.51. The summed E-state index contributed by atoms with van der Waals surface area (Å²) in [6.07, 6.45) is -1.38. The first-order valence-corrected chi connectivity index (χ1v) is 11.7. The van der Waals surface area contributed by atoms with Crippen LogP contribution in [0.25, 0.3) is 11.1 Å². The fourth-order valence-corrected chi connectivity index (χ4v) is 4.51. The molecular formula is C27H25F3N2O4. The number of benzene rings is 2. The van der Waals surface area contributed by atoms with E-state index in [1.165, 1.54) is 15.5 Å². The molecule has 2 aliphatic rings. The van der Waals surface area contributed by atoms with E-state index in [4.69, 9.17) is 4.74 Å². The van der Waals surface area contributed by atoms with Crippen molar-refractivity contribution in [3.8, 4) is 16.9 Å². The Morgan fingerprint density at radius 2 is 1.67 bits per heavy atom. The summed E-state index contributed by atoms with van der Waals surface area (Å²) < 4.78 is 45.3. The number of hydrogen-bond donors (Lipinski definition) is 1. The molecule has 1 aromatic heterocycles. The fraction of sp³-hybridized carbons (Fsp3) is 0.333. The maximum atomic E-state index is 13.6. The van der Waals surface area contributed by atoms with Crippen LogP contribution in [0.2, 0.25) is 0 Å². The number of ether oxygens (including phenoxy) is 1. The third-order valence-corrected chi connectivity index (χ3v) is 6.51. The van der Waals surface area contributed by atoms with Crippen LogP contribution in [-0.2, 0) is 12.1 Å². The zero-order chi connectivity index (χ0) is 25.8. The van der Waals surface area contributed by atoms with E-state index in [0.29, 0.717) is 22.4 Å². The van der Waals surface area contributed by atoms with Crippen LogP contribution >= 0.6 is 0 Å². The Labute approximate surface area is 205 Å². The number of para-hydroxylation sites is 1. The number of pyridine rings is 1. The van der Waals surface area contributed by atoms with Gasteiger partial charge in [-0.05, 0) is 56.0 Å². The molecule has 0 unspecified atom stereocenters. The van der Waals surface area contributed by atoms with E-state index < -0.39 is 18.4 Å². The summed E-state index contributed by atoms with van der Waals surface area (Å²) in [7, 11) is 0. The number of carbonyl (C=O) groups is 1. The number of amides is 1. The summed E-state index contributed by atoms with van der Waals surface area (Å²) in [6.45, 7) is 1.92. The summed E-state index contributed by atoms with van der Waals surface area (Å²) in [5.41, 5.74) is 1.07. The zero-order valence-electron chi connectivity index (χ0n) is 19.8. The van der Waals surface area contributed by atoms with Gasteiger partial charge in [-0.2, -0.15) is 13.2 Å². The molecule has 0 radical (unpaired) electrons. The Morgan fingerprint density at radius 1 is 1.00 bits per heavy atom. The second kappa shape index (κ2) is 8.51. The van der Waals surface area contributed by atoms with Gasteiger partial charge >= 0.3 is 6.18 Å². The van der Waals surface area contributed by atoms with E-state index >= 15 is 0 Å². The van der Waals surface area contributed by atoms with Gasteiger partial charge in [0.1, 0.15) is 5.75 Å². The standard InChI is InChI=1S/C27H25F3N2O4/c1-26(2,35)16-7-9-17(10-8-16)31-13-20-21(24(31)33)14-32(18-11-12-18)25(34)23(20)19-5-3-4-6-22(19)36-15-27(28,29)30/h3-10,14,18,35H,11-13,15H2,1-2H3. The molecule has 1 N–H and O–H groups in total. The smallest absolute Gasteiger partial charge is 0.422 e. The van der Waals surface area contributed by atoms with E-state index in [-0.39, 0.29) is 40.9 Å². The highest BCUT2D eigenvalue weighted by atomic mass is 19.4. The Morgan fingerprint density at radius 3 is 2.28 bits per heavy atom. The molecule has 36 heavy (non-hydrogen) atoms. The Kier molecular flexibility index (Phi) is 5.70. The molecular weight excluding hydrogens is 473 g/mol. The second-order valence-electron chi connectivity index (χ2n) is 9.74. The van der Waals surface area contributed by atoms with Crippen LogP contribution in [0.3, 0.4) is 0 Å². The Hall–Kier alpha value is -3.59.